The Balaban J connectivity index is 2.30. The molecule has 2 N–H and O–H groups in total. The highest BCUT2D eigenvalue weighted by Crippen LogP contribution is 2.26. The first kappa shape index (κ1) is 11.4. The molecule has 0 aliphatic rings. The molecule has 4 nitrogen and oxygen atoms in total. The molecule has 0 unspecified atom stereocenters. The summed E-state index contributed by atoms with van der Waals surface area (Å²) in [5, 5.41) is 0.106. The molecule has 2 aromatic rings. The van der Waals surface area contributed by atoms with Crippen molar-refractivity contribution < 1.29 is 4.74 Å². The number of halogens is 2. The molecule has 0 radical (unpaired) electrons. The van der Waals surface area contributed by atoms with Gasteiger partial charge >= 0.3 is 0 Å². The van der Waals surface area contributed by atoms with Crippen molar-refractivity contribution in [3.05, 3.63) is 39.3 Å². The first-order valence-corrected chi connectivity index (χ1v) is 5.82. The molecule has 0 fully saturated rings. The molecule has 0 aliphatic heterocycles. The van der Waals surface area contributed by atoms with Crippen molar-refractivity contribution in [3.8, 4) is 11.6 Å². The second-order valence-electron chi connectivity index (χ2n) is 2.96. The summed E-state index contributed by atoms with van der Waals surface area (Å²) in [5.74, 6) is 0.926. The quantitative estimate of drug-likeness (QED) is 0.670. The average molecular weight is 348 g/mol. The van der Waals surface area contributed by atoms with E-state index in [1.54, 1.807) is 0 Å². The van der Waals surface area contributed by atoms with E-state index in [4.69, 9.17) is 22.1 Å². The van der Waals surface area contributed by atoms with Crippen LogP contribution >= 0.6 is 34.2 Å². The molecule has 0 bridgehead atoms. The third kappa shape index (κ3) is 2.73. The Labute approximate surface area is 111 Å². The summed E-state index contributed by atoms with van der Waals surface area (Å²) >= 11 is 7.85. The number of ether oxygens (including phenoxy) is 1. The van der Waals surface area contributed by atoms with Crippen LogP contribution in [-0.4, -0.2) is 9.97 Å². The first-order valence-electron chi connectivity index (χ1n) is 4.36. The maximum atomic E-state index is 5.66. The van der Waals surface area contributed by atoms with E-state index in [9.17, 15) is 0 Å². The van der Waals surface area contributed by atoms with Crippen LogP contribution in [0.15, 0.2) is 30.5 Å². The van der Waals surface area contributed by atoms with Gasteiger partial charge in [0, 0.05) is 3.57 Å². The highest BCUT2D eigenvalue weighted by molar-refractivity contribution is 14.1. The van der Waals surface area contributed by atoms with Gasteiger partial charge in [0.1, 0.15) is 11.4 Å². The zero-order valence-corrected chi connectivity index (χ0v) is 10.9. The van der Waals surface area contributed by atoms with Gasteiger partial charge in [0.05, 0.1) is 6.20 Å². The molecule has 0 saturated carbocycles. The van der Waals surface area contributed by atoms with Crippen LogP contribution in [0.3, 0.4) is 0 Å². The largest absolute Gasteiger partial charge is 0.437 e. The van der Waals surface area contributed by atoms with Gasteiger partial charge < -0.3 is 10.5 Å². The van der Waals surface area contributed by atoms with E-state index in [-0.39, 0.29) is 11.2 Å². The lowest BCUT2D eigenvalue weighted by molar-refractivity contribution is 0.464. The monoisotopic (exact) mass is 347 g/mol. The van der Waals surface area contributed by atoms with E-state index in [0.29, 0.717) is 11.4 Å². The van der Waals surface area contributed by atoms with Crippen LogP contribution in [0.5, 0.6) is 11.6 Å². The number of hydrogen-bond acceptors (Lipinski definition) is 4. The number of rotatable bonds is 2. The molecule has 1 heterocycles. The van der Waals surface area contributed by atoms with Crippen LogP contribution in [0.1, 0.15) is 0 Å². The van der Waals surface area contributed by atoms with Crippen LogP contribution in [0.2, 0.25) is 5.28 Å². The van der Waals surface area contributed by atoms with Crippen molar-refractivity contribution in [1.82, 2.24) is 9.97 Å². The van der Waals surface area contributed by atoms with Crippen molar-refractivity contribution >= 4 is 39.9 Å². The Hall–Kier alpha value is -1.08. The van der Waals surface area contributed by atoms with Crippen LogP contribution in [-0.2, 0) is 0 Å². The van der Waals surface area contributed by atoms with Gasteiger partial charge in [-0.15, -0.1) is 0 Å². The molecule has 6 heteroatoms. The summed E-state index contributed by atoms with van der Waals surface area (Å²) in [4.78, 5) is 7.65. The maximum absolute atomic E-state index is 5.66. The maximum Gasteiger partial charge on any atom is 0.247 e. The standard InChI is InChI=1S/C10H7ClIN3O/c11-10-14-5-8(13)9(15-10)16-7-3-1-2-6(12)4-7/h1-5H,13H2. The highest BCUT2D eigenvalue weighted by Gasteiger charge is 2.06. The van der Waals surface area contributed by atoms with Gasteiger partial charge in [-0.05, 0) is 52.4 Å². The number of benzene rings is 1. The van der Waals surface area contributed by atoms with Crippen LogP contribution in [0.4, 0.5) is 5.69 Å². The topological polar surface area (TPSA) is 61.0 Å². The normalized spacial score (nSPS) is 10.1. The van der Waals surface area contributed by atoms with Crippen LogP contribution in [0, 0.1) is 3.57 Å². The zero-order chi connectivity index (χ0) is 11.5. The Morgan fingerprint density at radius 3 is 2.94 bits per heavy atom. The van der Waals surface area contributed by atoms with Crippen molar-refractivity contribution in [2.45, 2.75) is 0 Å². The van der Waals surface area contributed by atoms with Crippen molar-refractivity contribution in [2.24, 2.45) is 0 Å². The molecule has 0 spiro atoms. The molecule has 0 aliphatic carbocycles. The molecule has 0 atom stereocenters. The fraction of sp³-hybridized carbons (Fsp3) is 0. The Morgan fingerprint density at radius 1 is 1.38 bits per heavy atom. The predicted octanol–water partition coefficient (Wildman–Crippen LogP) is 3.11. The highest BCUT2D eigenvalue weighted by atomic mass is 127. The van der Waals surface area contributed by atoms with E-state index >= 15 is 0 Å². The Morgan fingerprint density at radius 2 is 2.19 bits per heavy atom. The SMILES string of the molecule is Nc1cnc(Cl)nc1Oc1cccc(I)c1. The van der Waals surface area contributed by atoms with Gasteiger partial charge in [0.15, 0.2) is 0 Å². The molecule has 2 rings (SSSR count). The second kappa shape index (κ2) is 4.84. The Kier molecular flexibility index (Phi) is 3.45. The summed E-state index contributed by atoms with van der Waals surface area (Å²) in [6.07, 6.45) is 1.42. The lowest BCUT2D eigenvalue weighted by Crippen LogP contribution is -1.97. The zero-order valence-electron chi connectivity index (χ0n) is 8.02. The number of nitrogens with two attached hydrogens (primary N) is 1. The van der Waals surface area contributed by atoms with Crippen molar-refractivity contribution in [2.75, 3.05) is 5.73 Å². The second-order valence-corrected chi connectivity index (χ2v) is 4.54. The molecule has 82 valence electrons. The molecule has 1 aromatic heterocycles. The van der Waals surface area contributed by atoms with E-state index < -0.39 is 0 Å². The van der Waals surface area contributed by atoms with Gasteiger partial charge in [-0.3, -0.25) is 0 Å². The number of aromatic nitrogens is 2. The van der Waals surface area contributed by atoms with Gasteiger partial charge in [0.25, 0.3) is 0 Å². The summed E-state index contributed by atoms with van der Waals surface area (Å²) < 4.78 is 6.57. The van der Waals surface area contributed by atoms with Crippen molar-refractivity contribution in [3.63, 3.8) is 0 Å². The minimum Gasteiger partial charge on any atom is -0.437 e. The van der Waals surface area contributed by atoms with Gasteiger partial charge in [-0.25, -0.2) is 4.98 Å². The average Bonchev–Trinajstić information content (AvgIpc) is 2.24. The predicted molar refractivity (Wildman–Crippen MR) is 70.7 cm³/mol. The van der Waals surface area contributed by atoms with Crippen LogP contribution in [0.25, 0.3) is 0 Å². The fourth-order valence-electron chi connectivity index (χ4n) is 1.08. The third-order valence-corrected chi connectivity index (χ3v) is 2.61. The van der Waals surface area contributed by atoms with Crippen molar-refractivity contribution in [1.29, 1.82) is 0 Å². The summed E-state index contributed by atoms with van der Waals surface area (Å²) in [5.41, 5.74) is 6.02. The van der Waals surface area contributed by atoms with Gasteiger partial charge in [-0.2, -0.15) is 4.98 Å². The molecular formula is C10H7ClIN3O. The van der Waals surface area contributed by atoms with Gasteiger partial charge in [-0.1, -0.05) is 6.07 Å². The lowest BCUT2D eigenvalue weighted by atomic mass is 10.3. The number of anilines is 1. The smallest absolute Gasteiger partial charge is 0.247 e. The summed E-state index contributed by atoms with van der Waals surface area (Å²) in [6.45, 7) is 0. The number of hydrogen-bond donors (Lipinski definition) is 1. The molecule has 0 saturated heterocycles. The molecule has 0 amide bonds. The number of nitrogens with zero attached hydrogens (tertiary/aromatic N) is 2. The lowest BCUT2D eigenvalue weighted by Gasteiger charge is -2.06. The summed E-state index contributed by atoms with van der Waals surface area (Å²) in [7, 11) is 0. The minimum absolute atomic E-state index is 0.106. The van der Waals surface area contributed by atoms with E-state index in [0.717, 1.165) is 3.57 Å². The molecular weight excluding hydrogens is 340 g/mol. The number of nitrogen functional groups attached to an aromatic ring is 1. The molecule has 1 aromatic carbocycles. The summed E-state index contributed by atoms with van der Waals surface area (Å²) in [6, 6.07) is 7.54. The first-order chi connectivity index (χ1) is 7.65. The van der Waals surface area contributed by atoms with Crippen LogP contribution < -0.4 is 10.5 Å². The van der Waals surface area contributed by atoms with E-state index in [1.165, 1.54) is 6.20 Å². The molecule has 16 heavy (non-hydrogen) atoms. The van der Waals surface area contributed by atoms with Gasteiger partial charge in [0.2, 0.25) is 11.2 Å². The van der Waals surface area contributed by atoms with E-state index in [1.807, 2.05) is 24.3 Å². The van der Waals surface area contributed by atoms with E-state index in [2.05, 4.69) is 32.6 Å². The Bertz CT molecular complexity index is 521. The fourth-order valence-corrected chi connectivity index (χ4v) is 1.72. The minimum atomic E-state index is 0.106. The third-order valence-electron chi connectivity index (χ3n) is 1.76.